The first kappa shape index (κ1) is 15.7. The van der Waals surface area contributed by atoms with E-state index in [4.69, 9.17) is 0 Å². The minimum atomic E-state index is 0.394. The van der Waals surface area contributed by atoms with E-state index in [2.05, 4.69) is 53.4 Å². The Kier molecular flexibility index (Phi) is 6.02. The number of hydrogen-bond acceptors (Lipinski definition) is 5. The van der Waals surface area contributed by atoms with Crippen molar-refractivity contribution in [1.82, 2.24) is 14.9 Å². The summed E-state index contributed by atoms with van der Waals surface area (Å²) in [5.74, 6) is 2.73. The van der Waals surface area contributed by atoms with Crippen LogP contribution in [-0.2, 0) is 6.42 Å². The Bertz CT molecular complexity index is 403. The summed E-state index contributed by atoms with van der Waals surface area (Å²) in [5.41, 5.74) is 1.08. The molecule has 2 N–H and O–H groups in total. The summed E-state index contributed by atoms with van der Waals surface area (Å²) in [5, 5.41) is 6.63. The van der Waals surface area contributed by atoms with Crippen LogP contribution in [0, 0.1) is 6.92 Å². The van der Waals surface area contributed by atoms with Crippen molar-refractivity contribution >= 4 is 11.6 Å². The largest absolute Gasteiger partial charge is 0.373 e. The maximum atomic E-state index is 4.59. The first-order valence-corrected chi connectivity index (χ1v) is 6.94. The molecule has 5 nitrogen and oxygen atoms in total. The Labute approximate surface area is 116 Å². The minimum Gasteiger partial charge on any atom is -0.373 e. The molecule has 0 aliphatic carbocycles. The maximum absolute atomic E-state index is 4.59. The molecule has 0 bridgehead atoms. The number of aryl methyl sites for hydroxylation is 1. The number of rotatable bonds is 7. The lowest BCUT2D eigenvalue weighted by Gasteiger charge is -2.19. The normalized spacial score (nSPS) is 12.6. The van der Waals surface area contributed by atoms with Crippen molar-refractivity contribution in [2.24, 2.45) is 0 Å². The van der Waals surface area contributed by atoms with Crippen LogP contribution in [-0.4, -0.2) is 48.6 Å². The Morgan fingerprint density at radius 2 is 1.84 bits per heavy atom. The van der Waals surface area contributed by atoms with E-state index in [1.807, 2.05) is 14.0 Å². The number of nitrogens with one attached hydrogen (secondary N) is 2. The molecule has 1 rings (SSSR count). The molecule has 1 aromatic rings. The Morgan fingerprint density at radius 1 is 1.21 bits per heavy atom. The van der Waals surface area contributed by atoms with Crippen molar-refractivity contribution in [3.8, 4) is 0 Å². The number of hydrogen-bond donors (Lipinski definition) is 2. The number of anilines is 2. The fourth-order valence-corrected chi connectivity index (χ4v) is 1.86. The second kappa shape index (κ2) is 7.28. The van der Waals surface area contributed by atoms with Gasteiger partial charge in [-0.15, -0.1) is 0 Å². The molecule has 1 atom stereocenters. The SMILES string of the molecule is CCc1nc(NC)c(C)c(NC(C)CCN(C)C)n1. The van der Waals surface area contributed by atoms with E-state index in [0.717, 1.165) is 42.4 Å². The summed E-state index contributed by atoms with van der Waals surface area (Å²) in [4.78, 5) is 11.3. The van der Waals surface area contributed by atoms with Gasteiger partial charge in [0.2, 0.25) is 0 Å². The Balaban J connectivity index is 2.81. The fraction of sp³-hybridized carbons (Fsp3) is 0.714. The van der Waals surface area contributed by atoms with Crippen LogP contribution in [0.3, 0.4) is 0 Å². The average molecular weight is 265 g/mol. The molecular weight excluding hydrogens is 238 g/mol. The zero-order valence-corrected chi connectivity index (χ0v) is 13.0. The van der Waals surface area contributed by atoms with Gasteiger partial charge in [0.05, 0.1) is 0 Å². The molecule has 108 valence electrons. The van der Waals surface area contributed by atoms with Gasteiger partial charge in [-0.25, -0.2) is 9.97 Å². The topological polar surface area (TPSA) is 53.1 Å². The molecule has 0 amide bonds. The molecule has 0 aliphatic rings. The molecule has 0 spiro atoms. The van der Waals surface area contributed by atoms with E-state index in [-0.39, 0.29) is 0 Å². The third-order valence-corrected chi connectivity index (χ3v) is 3.14. The van der Waals surface area contributed by atoms with E-state index < -0.39 is 0 Å². The van der Waals surface area contributed by atoms with Crippen LogP contribution in [0.2, 0.25) is 0 Å². The average Bonchev–Trinajstić information content (AvgIpc) is 2.38. The standard InChI is InChI=1S/C14H27N5/c1-7-12-17-13(15-4)11(3)14(18-12)16-10(2)8-9-19(5)6/h10H,7-9H2,1-6H3,(H2,15,16,17,18). The Hall–Kier alpha value is -1.36. The van der Waals surface area contributed by atoms with Crippen LogP contribution in [0.5, 0.6) is 0 Å². The third kappa shape index (κ3) is 4.67. The smallest absolute Gasteiger partial charge is 0.134 e. The van der Waals surface area contributed by atoms with Gasteiger partial charge in [-0.3, -0.25) is 0 Å². The lowest BCUT2D eigenvalue weighted by atomic mass is 10.2. The van der Waals surface area contributed by atoms with Gasteiger partial charge in [-0.05, 0) is 40.9 Å². The van der Waals surface area contributed by atoms with E-state index in [1.54, 1.807) is 0 Å². The Morgan fingerprint density at radius 3 is 2.37 bits per heavy atom. The highest BCUT2D eigenvalue weighted by atomic mass is 15.1. The summed E-state index contributed by atoms with van der Waals surface area (Å²) < 4.78 is 0. The molecular formula is C14H27N5. The van der Waals surface area contributed by atoms with Crippen LogP contribution in [0.1, 0.15) is 31.7 Å². The van der Waals surface area contributed by atoms with Crippen LogP contribution in [0.25, 0.3) is 0 Å². The van der Waals surface area contributed by atoms with Gasteiger partial charge in [-0.2, -0.15) is 0 Å². The van der Waals surface area contributed by atoms with Gasteiger partial charge in [0.15, 0.2) is 0 Å². The molecule has 0 saturated heterocycles. The van der Waals surface area contributed by atoms with Gasteiger partial charge >= 0.3 is 0 Å². The first-order valence-electron chi connectivity index (χ1n) is 6.94. The summed E-state index contributed by atoms with van der Waals surface area (Å²) in [6, 6.07) is 0.394. The van der Waals surface area contributed by atoms with Gasteiger partial charge < -0.3 is 15.5 Å². The summed E-state index contributed by atoms with van der Waals surface area (Å²) in [6.45, 7) is 7.38. The van der Waals surface area contributed by atoms with Crippen molar-refractivity contribution in [3.05, 3.63) is 11.4 Å². The van der Waals surface area contributed by atoms with Crippen LogP contribution in [0.15, 0.2) is 0 Å². The predicted molar refractivity (Wildman–Crippen MR) is 81.9 cm³/mol. The lowest BCUT2D eigenvalue weighted by molar-refractivity contribution is 0.390. The van der Waals surface area contributed by atoms with Crippen molar-refractivity contribution < 1.29 is 0 Å². The second-order valence-electron chi connectivity index (χ2n) is 5.20. The monoisotopic (exact) mass is 265 g/mol. The zero-order chi connectivity index (χ0) is 14.4. The molecule has 5 heteroatoms. The first-order chi connectivity index (χ1) is 8.97. The predicted octanol–water partition coefficient (Wildman–Crippen LogP) is 2.14. The third-order valence-electron chi connectivity index (χ3n) is 3.14. The molecule has 0 aromatic carbocycles. The molecule has 0 saturated carbocycles. The molecule has 1 aromatic heterocycles. The second-order valence-corrected chi connectivity index (χ2v) is 5.20. The van der Waals surface area contributed by atoms with E-state index in [9.17, 15) is 0 Å². The number of aromatic nitrogens is 2. The molecule has 0 aliphatic heterocycles. The highest BCUT2D eigenvalue weighted by molar-refractivity contribution is 5.57. The van der Waals surface area contributed by atoms with Gasteiger partial charge in [-0.1, -0.05) is 6.92 Å². The minimum absolute atomic E-state index is 0.394. The zero-order valence-electron chi connectivity index (χ0n) is 13.0. The molecule has 1 heterocycles. The fourth-order valence-electron chi connectivity index (χ4n) is 1.86. The maximum Gasteiger partial charge on any atom is 0.134 e. The van der Waals surface area contributed by atoms with Crippen molar-refractivity contribution in [2.75, 3.05) is 38.3 Å². The van der Waals surface area contributed by atoms with Crippen molar-refractivity contribution in [3.63, 3.8) is 0 Å². The molecule has 1 unspecified atom stereocenters. The number of nitrogens with zero attached hydrogens (tertiary/aromatic N) is 3. The molecule has 0 fully saturated rings. The van der Waals surface area contributed by atoms with Crippen LogP contribution >= 0.6 is 0 Å². The van der Waals surface area contributed by atoms with Gasteiger partial charge in [0, 0.05) is 25.1 Å². The quantitative estimate of drug-likeness (QED) is 0.791. The molecule has 0 radical (unpaired) electrons. The van der Waals surface area contributed by atoms with Crippen LogP contribution < -0.4 is 10.6 Å². The van der Waals surface area contributed by atoms with Crippen LogP contribution in [0.4, 0.5) is 11.6 Å². The van der Waals surface area contributed by atoms with Gasteiger partial charge in [0.25, 0.3) is 0 Å². The highest BCUT2D eigenvalue weighted by Crippen LogP contribution is 2.20. The summed E-state index contributed by atoms with van der Waals surface area (Å²) in [6.07, 6.45) is 1.93. The summed E-state index contributed by atoms with van der Waals surface area (Å²) >= 11 is 0. The van der Waals surface area contributed by atoms with Crippen molar-refractivity contribution in [2.45, 2.75) is 39.7 Å². The molecule has 19 heavy (non-hydrogen) atoms. The van der Waals surface area contributed by atoms with E-state index in [1.165, 1.54) is 0 Å². The lowest BCUT2D eigenvalue weighted by Crippen LogP contribution is -2.24. The van der Waals surface area contributed by atoms with Crippen molar-refractivity contribution in [1.29, 1.82) is 0 Å². The van der Waals surface area contributed by atoms with E-state index >= 15 is 0 Å². The summed E-state index contributed by atoms with van der Waals surface area (Å²) in [7, 11) is 6.09. The van der Waals surface area contributed by atoms with Gasteiger partial charge in [0.1, 0.15) is 17.5 Å². The van der Waals surface area contributed by atoms with E-state index in [0.29, 0.717) is 6.04 Å². The highest BCUT2D eigenvalue weighted by Gasteiger charge is 2.11.